The number of nitrogens with one attached hydrogen (secondary N) is 1. The van der Waals surface area contributed by atoms with E-state index in [4.69, 9.17) is 4.74 Å². The largest absolute Gasteiger partial charge is 0.458 e. The molecule has 34 heavy (non-hydrogen) atoms. The van der Waals surface area contributed by atoms with Crippen LogP contribution in [-0.4, -0.2) is 32.3 Å². The third-order valence-corrected chi connectivity index (χ3v) is 7.04. The molecule has 8 nitrogen and oxygen atoms in total. The Bertz CT molecular complexity index is 1470. The van der Waals surface area contributed by atoms with Gasteiger partial charge in [0.2, 0.25) is 5.91 Å². The second kappa shape index (κ2) is 7.92. The lowest BCUT2D eigenvalue weighted by molar-refractivity contribution is -0.172. The van der Waals surface area contributed by atoms with Crippen molar-refractivity contribution in [3.8, 4) is 11.4 Å². The quantitative estimate of drug-likeness (QED) is 0.303. The Kier molecular flexibility index (Phi) is 5.25. The summed E-state index contributed by atoms with van der Waals surface area (Å²) in [6.45, 7) is 3.42. The average molecular weight is 484 g/mol. The molecule has 0 unspecified atom stereocenters. The number of amides is 1. The van der Waals surface area contributed by atoms with Gasteiger partial charge in [0.05, 0.1) is 34.8 Å². The molecule has 0 saturated carbocycles. The summed E-state index contributed by atoms with van der Waals surface area (Å²) in [6, 6.07) is 4.79. The maximum absolute atomic E-state index is 14.7. The highest BCUT2D eigenvalue weighted by molar-refractivity contribution is 7.81. The molecule has 1 amide bonds. The zero-order valence-corrected chi connectivity index (χ0v) is 19.5. The third-order valence-electron chi connectivity index (χ3n) is 6.75. The van der Waals surface area contributed by atoms with Crippen LogP contribution in [0.25, 0.3) is 22.3 Å². The van der Waals surface area contributed by atoms with Crippen molar-refractivity contribution in [2.75, 3.05) is 5.75 Å². The molecule has 1 atom stereocenters. The molecule has 0 saturated heterocycles. The maximum Gasteiger partial charge on any atom is 0.343 e. The Morgan fingerprint density at radius 2 is 2.12 bits per heavy atom. The van der Waals surface area contributed by atoms with Gasteiger partial charge in [-0.2, -0.15) is 12.6 Å². The summed E-state index contributed by atoms with van der Waals surface area (Å²) in [6.07, 6.45) is 0.0472. The first-order valence-corrected chi connectivity index (χ1v) is 11.5. The number of nitrogens with zero attached hydrogens (tertiary/aromatic N) is 2. The van der Waals surface area contributed by atoms with Crippen LogP contribution in [0.2, 0.25) is 0 Å². The van der Waals surface area contributed by atoms with Gasteiger partial charge in [0.1, 0.15) is 12.4 Å². The number of pyridine rings is 2. The summed E-state index contributed by atoms with van der Waals surface area (Å²) >= 11 is 3.96. The molecule has 2 aliphatic heterocycles. The molecule has 10 heteroatoms. The Balaban J connectivity index is 1.70. The first-order valence-electron chi connectivity index (χ1n) is 10.9. The second-order valence-electron chi connectivity index (χ2n) is 8.56. The van der Waals surface area contributed by atoms with E-state index in [-0.39, 0.29) is 54.5 Å². The van der Waals surface area contributed by atoms with Crippen LogP contribution >= 0.6 is 12.6 Å². The minimum Gasteiger partial charge on any atom is -0.458 e. The molecule has 2 aliphatic rings. The molecular formula is C24H22FN3O5S. The van der Waals surface area contributed by atoms with Gasteiger partial charge in [-0.05, 0) is 36.6 Å². The van der Waals surface area contributed by atoms with Gasteiger partial charge in [0.25, 0.3) is 5.56 Å². The van der Waals surface area contributed by atoms with E-state index in [1.807, 2.05) is 6.07 Å². The number of thiol groups is 1. The summed E-state index contributed by atoms with van der Waals surface area (Å²) in [5.41, 5.74) is 1.24. The second-order valence-corrected chi connectivity index (χ2v) is 8.88. The standard InChI is InChI=1S/C24H22FN3O5S/c1-3-24(32)16-5-19-21-12(8-28(19)22(30)15(16)9-33-23(24)31)4-13-14(7-26-20(29)10-34)11(2)17(25)6-18(13)27-21/h4-6,32,34H,3,7-10H2,1-2H3,(H,26,29)/t24-/m0/s1. The zero-order chi connectivity index (χ0) is 24.4. The van der Waals surface area contributed by atoms with Crippen molar-refractivity contribution in [3.05, 3.63) is 62.2 Å². The van der Waals surface area contributed by atoms with E-state index in [2.05, 4.69) is 22.9 Å². The van der Waals surface area contributed by atoms with Crippen LogP contribution in [0.1, 0.15) is 41.2 Å². The fourth-order valence-electron chi connectivity index (χ4n) is 4.73. The summed E-state index contributed by atoms with van der Waals surface area (Å²) in [4.78, 5) is 42.0. The Hall–Kier alpha value is -3.24. The highest BCUT2D eigenvalue weighted by atomic mass is 32.1. The van der Waals surface area contributed by atoms with Crippen LogP contribution in [0.4, 0.5) is 4.39 Å². The number of fused-ring (bicyclic) bond motifs is 5. The number of esters is 1. The van der Waals surface area contributed by atoms with E-state index >= 15 is 0 Å². The Morgan fingerprint density at radius 1 is 1.35 bits per heavy atom. The van der Waals surface area contributed by atoms with Crippen LogP contribution in [-0.2, 0) is 39.6 Å². The average Bonchev–Trinajstić information content (AvgIpc) is 3.18. The molecule has 5 rings (SSSR count). The number of halogens is 1. The van der Waals surface area contributed by atoms with Crippen LogP contribution in [0.5, 0.6) is 0 Å². The Labute approximate surface area is 199 Å². The number of carbonyl (C=O) groups excluding carboxylic acids is 2. The van der Waals surface area contributed by atoms with Crippen LogP contribution in [0, 0.1) is 12.7 Å². The molecule has 0 aliphatic carbocycles. The fourth-order valence-corrected chi connectivity index (χ4v) is 4.84. The summed E-state index contributed by atoms with van der Waals surface area (Å²) < 4.78 is 21.3. The lowest BCUT2D eigenvalue weighted by Crippen LogP contribution is -2.44. The normalized spacial score (nSPS) is 18.3. The molecule has 2 N–H and O–H groups in total. The van der Waals surface area contributed by atoms with E-state index < -0.39 is 17.4 Å². The first-order chi connectivity index (χ1) is 16.2. The summed E-state index contributed by atoms with van der Waals surface area (Å²) in [5.74, 6) is -1.51. The van der Waals surface area contributed by atoms with Crippen molar-refractivity contribution in [1.82, 2.24) is 14.9 Å². The van der Waals surface area contributed by atoms with E-state index in [1.165, 1.54) is 10.6 Å². The molecule has 0 bridgehead atoms. The molecule has 0 radical (unpaired) electrons. The molecule has 3 aromatic rings. The highest BCUT2D eigenvalue weighted by Gasteiger charge is 2.45. The number of rotatable bonds is 4. The number of cyclic esters (lactones) is 1. The number of hydrogen-bond donors (Lipinski definition) is 3. The third kappa shape index (κ3) is 3.16. The predicted octanol–water partition coefficient (Wildman–Crippen LogP) is 2.07. The molecule has 2 aromatic heterocycles. The number of hydrogen-bond acceptors (Lipinski definition) is 7. The number of benzene rings is 1. The van der Waals surface area contributed by atoms with Gasteiger partial charge in [-0.3, -0.25) is 9.59 Å². The van der Waals surface area contributed by atoms with Crippen molar-refractivity contribution < 1.29 is 23.8 Å². The van der Waals surface area contributed by atoms with Gasteiger partial charge in [0, 0.05) is 29.1 Å². The smallest absolute Gasteiger partial charge is 0.343 e. The molecule has 176 valence electrons. The SMILES string of the molecule is CC[C@@]1(O)C(=O)OCc2c1cc1n(c2=O)Cc2cc3c(CNC(=O)CS)c(C)c(F)cc3nc2-1. The molecule has 0 spiro atoms. The van der Waals surface area contributed by atoms with Crippen molar-refractivity contribution in [1.29, 1.82) is 0 Å². The van der Waals surface area contributed by atoms with Crippen LogP contribution < -0.4 is 10.9 Å². The lowest BCUT2D eigenvalue weighted by atomic mass is 9.86. The monoisotopic (exact) mass is 483 g/mol. The van der Waals surface area contributed by atoms with Crippen LogP contribution in [0.3, 0.4) is 0 Å². The van der Waals surface area contributed by atoms with Gasteiger partial charge in [0.15, 0.2) is 5.60 Å². The van der Waals surface area contributed by atoms with Gasteiger partial charge < -0.3 is 19.7 Å². The van der Waals surface area contributed by atoms with Gasteiger partial charge in [-0.15, -0.1) is 0 Å². The van der Waals surface area contributed by atoms with E-state index in [0.717, 1.165) is 5.56 Å². The van der Waals surface area contributed by atoms with E-state index in [9.17, 15) is 23.9 Å². The maximum atomic E-state index is 14.7. The van der Waals surface area contributed by atoms with Crippen molar-refractivity contribution in [2.45, 2.75) is 45.6 Å². The van der Waals surface area contributed by atoms with Crippen molar-refractivity contribution in [3.63, 3.8) is 0 Å². The molecular weight excluding hydrogens is 461 g/mol. The van der Waals surface area contributed by atoms with E-state index in [0.29, 0.717) is 33.4 Å². The summed E-state index contributed by atoms with van der Waals surface area (Å²) in [5, 5.41) is 14.4. The highest BCUT2D eigenvalue weighted by Crippen LogP contribution is 2.39. The zero-order valence-electron chi connectivity index (χ0n) is 18.6. The molecule has 4 heterocycles. The van der Waals surface area contributed by atoms with E-state index in [1.54, 1.807) is 19.9 Å². The number of ether oxygens (including phenoxy) is 1. The fraction of sp³-hybridized carbons (Fsp3) is 0.333. The minimum atomic E-state index is -1.91. The van der Waals surface area contributed by atoms with Gasteiger partial charge in [-0.25, -0.2) is 14.2 Å². The molecule has 1 aromatic carbocycles. The number of aliphatic hydroxyl groups is 1. The van der Waals surface area contributed by atoms with Crippen LogP contribution in [0.15, 0.2) is 23.0 Å². The first kappa shape index (κ1) is 22.5. The number of carbonyl (C=O) groups is 2. The van der Waals surface area contributed by atoms with Crippen molar-refractivity contribution >= 4 is 35.4 Å². The Morgan fingerprint density at radius 3 is 2.82 bits per heavy atom. The lowest BCUT2D eigenvalue weighted by Gasteiger charge is -2.31. The minimum absolute atomic E-state index is 0.0131. The summed E-state index contributed by atoms with van der Waals surface area (Å²) in [7, 11) is 0. The topological polar surface area (TPSA) is 111 Å². The number of aromatic nitrogens is 2. The predicted molar refractivity (Wildman–Crippen MR) is 125 cm³/mol. The molecule has 0 fully saturated rings. The van der Waals surface area contributed by atoms with Gasteiger partial charge in [-0.1, -0.05) is 6.92 Å². The van der Waals surface area contributed by atoms with Crippen molar-refractivity contribution in [2.24, 2.45) is 0 Å². The van der Waals surface area contributed by atoms with Gasteiger partial charge >= 0.3 is 5.97 Å².